The number of hydrogen-bond donors (Lipinski definition) is 0. The average Bonchev–Trinajstić information content (AvgIpc) is 2.56. The molecular formula is C23H47B. The molecule has 3 unspecified atom stereocenters. The highest BCUT2D eigenvalue weighted by Crippen LogP contribution is 2.44. The molecule has 3 atom stereocenters. The smallest absolute Gasteiger partial charge is 0.0674 e. The molecule has 0 saturated heterocycles. The van der Waals surface area contributed by atoms with Crippen LogP contribution in [0.2, 0.25) is 5.31 Å². The molecule has 0 saturated carbocycles. The lowest BCUT2D eigenvalue weighted by Crippen LogP contribution is -2.27. The van der Waals surface area contributed by atoms with Gasteiger partial charge in [0.15, 0.2) is 0 Å². The minimum absolute atomic E-state index is 0.0274. The molecule has 2 radical (unpaired) electrons. The second kappa shape index (κ2) is 12.4. The predicted octanol–water partition coefficient (Wildman–Crippen LogP) is 8.35. The van der Waals surface area contributed by atoms with Crippen molar-refractivity contribution in [3.8, 4) is 0 Å². The Balaban J connectivity index is 4.53. The van der Waals surface area contributed by atoms with Crippen LogP contribution in [0.5, 0.6) is 0 Å². The van der Waals surface area contributed by atoms with Crippen molar-refractivity contribution in [1.82, 2.24) is 0 Å². The summed E-state index contributed by atoms with van der Waals surface area (Å²) in [6.45, 7) is 16.5. The van der Waals surface area contributed by atoms with E-state index in [-0.39, 0.29) is 5.31 Å². The first-order chi connectivity index (χ1) is 11.3. The first kappa shape index (κ1) is 24.1. The van der Waals surface area contributed by atoms with Crippen LogP contribution in [-0.2, 0) is 0 Å². The largest absolute Gasteiger partial charge is 0.0746 e. The van der Waals surface area contributed by atoms with Crippen molar-refractivity contribution in [2.24, 2.45) is 17.3 Å². The molecule has 142 valence electrons. The third-order valence-electron chi connectivity index (χ3n) is 6.84. The lowest BCUT2D eigenvalue weighted by Gasteiger charge is -2.38. The molecule has 24 heavy (non-hydrogen) atoms. The fourth-order valence-corrected chi connectivity index (χ4v) is 4.80. The van der Waals surface area contributed by atoms with Gasteiger partial charge in [-0.3, -0.25) is 0 Å². The summed E-state index contributed by atoms with van der Waals surface area (Å²) in [4.78, 5) is 0. The van der Waals surface area contributed by atoms with Crippen LogP contribution >= 0.6 is 0 Å². The van der Waals surface area contributed by atoms with Crippen LogP contribution in [0.25, 0.3) is 0 Å². The SMILES string of the molecule is [B]C(C)(CCCCC(C)(CC)C(CCC)CCC)C(CC)CCC. The molecule has 0 heterocycles. The van der Waals surface area contributed by atoms with Crippen molar-refractivity contribution in [1.29, 1.82) is 0 Å². The zero-order valence-electron chi connectivity index (χ0n) is 18.2. The van der Waals surface area contributed by atoms with Gasteiger partial charge in [0, 0.05) is 0 Å². The minimum atomic E-state index is 0.0274. The van der Waals surface area contributed by atoms with E-state index in [1.54, 1.807) is 0 Å². The van der Waals surface area contributed by atoms with Crippen LogP contribution in [-0.4, -0.2) is 7.85 Å². The molecule has 0 fully saturated rings. The van der Waals surface area contributed by atoms with Crippen LogP contribution in [0, 0.1) is 17.3 Å². The number of rotatable bonds is 15. The maximum absolute atomic E-state index is 6.70. The van der Waals surface area contributed by atoms with Gasteiger partial charge in [-0.25, -0.2) is 0 Å². The maximum atomic E-state index is 6.70. The third-order valence-corrected chi connectivity index (χ3v) is 6.84. The number of unbranched alkanes of at least 4 members (excludes halogenated alkanes) is 1. The molecule has 0 aromatic heterocycles. The molecule has 1 heteroatoms. The zero-order valence-corrected chi connectivity index (χ0v) is 18.2. The van der Waals surface area contributed by atoms with Gasteiger partial charge in [0.1, 0.15) is 0 Å². The molecule has 0 aliphatic carbocycles. The van der Waals surface area contributed by atoms with E-state index < -0.39 is 0 Å². The quantitative estimate of drug-likeness (QED) is 0.208. The second-order valence-corrected chi connectivity index (χ2v) is 8.89. The van der Waals surface area contributed by atoms with E-state index in [9.17, 15) is 0 Å². The first-order valence-corrected chi connectivity index (χ1v) is 11.1. The highest BCUT2D eigenvalue weighted by atomic mass is 14.4. The van der Waals surface area contributed by atoms with E-state index >= 15 is 0 Å². The van der Waals surface area contributed by atoms with Gasteiger partial charge in [-0.15, -0.1) is 0 Å². The van der Waals surface area contributed by atoms with Crippen molar-refractivity contribution in [2.45, 2.75) is 131 Å². The normalized spacial score (nSPS) is 18.3. The van der Waals surface area contributed by atoms with Gasteiger partial charge in [-0.1, -0.05) is 124 Å². The molecule has 0 aromatic carbocycles. The molecule has 0 aliphatic rings. The lowest BCUT2D eigenvalue weighted by molar-refractivity contribution is 0.133. The second-order valence-electron chi connectivity index (χ2n) is 8.89. The Bertz CT molecular complexity index is 290. The Morgan fingerprint density at radius 3 is 1.58 bits per heavy atom. The van der Waals surface area contributed by atoms with Gasteiger partial charge in [0.25, 0.3) is 0 Å². The Hall–Kier alpha value is 0.0649. The van der Waals surface area contributed by atoms with Gasteiger partial charge >= 0.3 is 0 Å². The van der Waals surface area contributed by atoms with Crippen LogP contribution in [0.3, 0.4) is 0 Å². The summed E-state index contributed by atoms with van der Waals surface area (Å²) in [5.41, 5.74) is 0.532. The molecule has 0 N–H and O–H groups in total. The fraction of sp³-hybridized carbons (Fsp3) is 1.00. The van der Waals surface area contributed by atoms with Crippen LogP contribution in [0.1, 0.15) is 126 Å². The van der Waals surface area contributed by atoms with Crippen molar-refractivity contribution in [3.63, 3.8) is 0 Å². The van der Waals surface area contributed by atoms with Gasteiger partial charge in [0.05, 0.1) is 7.85 Å². The van der Waals surface area contributed by atoms with Gasteiger partial charge in [-0.2, -0.15) is 0 Å². The molecule has 0 spiro atoms. The van der Waals surface area contributed by atoms with E-state index in [0.29, 0.717) is 11.3 Å². The van der Waals surface area contributed by atoms with E-state index in [1.165, 1.54) is 77.0 Å². The lowest BCUT2D eigenvalue weighted by atomic mass is 9.57. The monoisotopic (exact) mass is 334 g/mol. The summed E-state index contributed by atoms with van der Waals surface area (Å²) in [5, 5.41) is 0.0274. The zero-order chi connectivity index (χ0) is 18.6. The highest BCUT2D eigenvalue weighted by Gasteiger charge is 2.31. The van der Waals surface area contributed by atoms with Gasteiger partial charge in [-0.05, 0) is 23.7 Å². The number of hydrogen-bond acceptors (Lipinski definition) is 0. The molecule has 0 bridgehead atoms. The van der Waals surface area contributed by atoms with Gasteiger partial charge in [0.2, 0.25) is 0 Å². The molecule has 0 aromatic rings. The summed E-state index contributed by atoms with van der Waals surface area (Å²) in [7, 11) is 6.70. The Labute approximate surface area is 156 Å². The van der Waals surface area contributed by atoms with E-state index in [0.717, 1.165) is 5.92 Å². The summed E-state index contributed by atoms with van der Waals surface area (Å²) >= 11 is 0. The van der Waals surface area contributed by atoms with Crippen molar-refractivity contribution >= 4 is 7.85 Å². The molecule has 0 nitrogen and oxygen atoms in total. The Morgan fingerprint density at radius 2 is 1.17 bits per heavy atom. The Morgan fingerprint density at radius 1 is 0.708 bits per heavy atom. The van der Waals surface area contributed by atoms with E-state index in [4.69, 9.17) is 7.85 Å². The van der Waals surface area contributed by atoms with Crippen LogP contribution < -0.4 is 0 Å². The molecule has 0 aliphatic heterocycles. The summed E-state index contributed by atoms with van der Waals surface area (Å²) in [6, 6.07) is 0. The molecule has 0 rings (SSSR count). The van der Waals surface area contributed by atoms with Crippen LogP contribution in [0.4, 0.5) is 0 Å². The Kier molecular flexibility index (Phi) is 12.5. The van der Waals surface area contributed by atoms with E-state index in [2.05, 4.69) is 48.5 Å². The van der Waals surface area contributed by atoms with Crippen molar-refractivity contribution in [3.05, 3.63) is 0 Å². The summed E-state index contributed by atoms with van der Waals surface area (Å²) < 4.78 is 0. The maximum Gasteiger partial charge on any atom is 0.0746 e. The molecular weight excluding hydrogens is 287 g/mol. The average molecular weight is 334 g/mol. The van der Waals surface area contributed by atoms with Gasteiger partial charge < -0.3 is 0 Å². The first-order valence-electron chi connectivity index (χ1n) is 11.1. The topological polar surface area (TPSA) is 0 Å². The van der Waals surface area contributed by atoms with Crippen LogP contribution in [0.15, 0.2) is 0 Å². The standard InChI is InChI=1S/C23H47B/c1-8-15-20(11-4)23(7,24)19-14-13-18-22(6,12-5)21(16-9-2)17-10-3/h20-21H,8-19H2,1-7H3. The fourth-order valence-electron chi connectivity index (χ4n) is 4.80. The summed E-state index contributed by atoms with van der Waals surface area (Å²) in [6.07, 6.45) is 15.8. The predicted molar refractivity (Wildman–Crippen MR) is 113 cm³/mol. The third kappa shape index (κ3) is 7.96. The van der Waals surface area contributed by atoms with E-state index in [1.807, 2.05) is 0 Å². The summed E-state index contributed by atoms with van der Waals surface area (Å²) in [5.74, 6) is 1.60. The van der Waals surface area contributed by atoms with Crippen molar-refractivity contribution in [2.75, 3.05) is 0 Å². The highest BCUT2D eigenvalue weighted by molar-refractivity contribution is 6.15. The van der Waals surface area contributed by atoms with Crippen molar-refractivity contribution < 1.29 is 0 Å². The minimum Gasteiger partial charge on any atom is -0.0674 e. The molecule has 0 amide bonds.